The summed E-state index contributed by atoms with van der Waals surface area (Å²) in [6.45, 7) is 3.63. The van der Waals surface area contributed by atoms with Gasteiger partial charge in [-0.05, 0) is 62.4 Å². The molecule has 0 saturated heterocycles. The van der Waals surface area contributed by atoms with Crippen molar-refractivity contribution in [3.8, 4) is 5.69 Å². The van der Waals surface area contributed by atoms with Gasteiger partial charge in [0.05, 0.1) is 5.56 Å². The van der Waals surface area contributed by atoms with E-state index in [1.165, 1.54) is 12.1 Å². The number of fused-ring (bicyclic) bond motifs is 1. The van der Waals surface area contributed by atoms with Crippen LogP contribution >= 0.6 is 0 Å². The molecule has 0 bridgehead atoms. The monoisotopic (exact) mass is 392 g/mol. The van der Waals surface area contributed by atoms with Crippen LogP contribution in [0.5, 0.6) is 0 Å². The van der Waals surface area contributed by atoms with Crippen molar-refractivity contribution in [2.24, 2.45) is 0 Å². The highest BCUT2D eigenvalue weighted by molar-refractivity contribution is 6.01. The third kappa shape index (κ3) is 3.45. The number of halogens is 1. The van der Waals surface area contributed by atoms with Crippen molar-refractivity contribution < 1.29 is 14.0 Å². The molecule has 9 heteroatoms. The molecule has 0 saturated carbocycles. The molecule has 4 rings (SSSR count). The number of carbonyl (C=O) groups excluding carboxylic acids is 2. The SMILES string of the molecule is Cc1cc(C(=O)NNC(=O)c2ccc3n[nH]nc3c2)c(C)n1-c1ccc(F)cc1. The van der Waals surface area contributed by atoms with Crippen molar-refractivity contribution in [3.05, 3.63) is 76.9 Å². The van der Waals surface area contributed by atoms with Crippen LogP contribution in [0.25, 0.3) is 16.7 Å². The summed E-state index contributed by atoms with van der Waals surface area (Å²) >= 11 is 0. The van der Waals surface area contributed by atoms with E-state index in [-0.39, 0.29) is 5.82 Å². The van der Waals surface area contributed by atoms with E-state index in [4.69, 9.17) is 0 Å². The lowest BCUT2D eigenvalue weighted by Crippen LogP contribution is -2.41. The number of rotatable bonds is 3. The second-order valence-corrected chi connectivity index (χ2v) is 6.53. The third-order valence-corrected chi connectivity index (χ3v) is 4.63. The number of carbonyl (C=O) groups is 2. The van der Waals surface area contributed by atoms with Gasteiger partial charge in [0.1, 0.15) is 16.9 Å². The Morgan fingerprint density at radius 3 is 2.38 bits per heavy atom. The van der Waals surface area contributed by atoms with Crippen molar-refractivity contribution >= 4 is 22.8 Å². The Labute approximate surface area is 164 Å². The summed E-state index contributed by atoms with van der Waals surface area (Å²) in [4.78, 5) is 24.9. The number of aromatic amines is 1. The van der Waals surface area contributed by atoms with E-state index >= 15 is 0 Å². The normalized spacial score (nSPS) is 10.9. The number of hydrogen-bond acceptors (Lipinski definition) is 4. The fourth-order valence-electron chi connectivity index (χ4n) is 3.21. The highest BCUT2D eigenvalue weighted by Gasteiger charge is 2.18. The summed E-state index contributed by atoms with van der Waals surface area (Å²) in [6.07, 6.45) is 0. The predicted molar refractivity (Wildman–Crippen MR) is 104 cm³/mol. The number of nitrogens with zero attached hydrogens (tertiary/aromatic N) is 3. The van der Waals surface area contributed by atoms with Crippen LogP contribution in [-0.4, -0.2) is 31.8 Å². The minimum absolute atomic E-state index is 0.333. The van der Waals surface area contributed by atoms with Gasteiger partial charge >= 0.3 is 0 Å². The van der Waals surface area contributed by atoms with Gasteiger partial charge in [-0.1, -0.05) is 0 Å². The Hall–Kier alpha value is -4.01. The van der Waals surface area contributed by atoms with Gasteiger partial charge in [0, 0.05) is 22.6 Å². The zero-order valence-corrected chi connectivity index (χ0v) is 15.7. The van der Waals surface area contributed by atoms with Gasteiger partial charge in [-0.3, -0.25) is 20.4 Å². The Bertz CT molecular complexity index is 1230. The molecule has 0 radical (unpaired) electrons. The fraction of sp³-hybridized carbons (Fsp3) is 0.100. The first kappa shape index (κ1) is 18.4. The maximum Gasteiger partial charge on any atom is 0.271 e. The van der Waals surface area contributed by atoms with Crippen LogP contribution in [-0.2, 0) is 0 Å². The molecule has 2 amide bonds. The van der Waals surface area contributed by atoms with E-state index in [1.807, 2.05) is 11.5 Å². The van der Waals surface area contributed by atoms with Gasteiger partial charge in [-0.25, -0.2) is 4.39 Å². The number of benzene rings is 2. The Morgan fingerprint density at radius 2 is 1.62 bits per heavy atom. The van der Waals surface area contributed by atoms with Gasteiger partial charge in [0.2, 0.25) is 0 Å². The molecule has 146 valence electrons. The average molecular weight is 392 g/mol. The molecule has 29 heavy (non-hydrogen) atoms. The zero-order chi connectivity index (χ0) is 20.5. The van der Waals surface area contributed by atoms with Crippen molar-refractivity contribution in [3.63, 3.8) is 0 Å². The summed E-state index contributed by atoms with van der Waals surface area (Å²) in [7, 11) is 0. The van der Waals surface area contributed by atoms with Crippen LogP contribution in [0.2, 0.25) is 0 Å². The van der Waals surface area contributed by atoms with Crippen LogP contribution < -0.4 is 10.9 Å². The number of aryl methyl sites for hydroxylation is 1. The van der Waals surface area contributed by atoms with Crippen molar-refractivity contribution in [2.45, 2.75) is 13.8 Å². The summed E-state index contributed by atoms with van der Waals surface area (Å²) in [5.41, 5.74) is 8.97. The van der Waals surface area contributed by atoms with E-state index in [0.29, 0.717) is 27.9 Å². The van der Waals surface area contributed by atoms with Gasteiger partial charge < -0.3 is 4.57 Å². The number of nitrogens with one attached hydrogen (secondary N) is 3. The van der Waals surface area contributed by atoms with E-state index in [9.17, 15) is 14.0 Å². The second kappa shape index (κ2) is 7.19. The summed E-state index contributed by atoms with van der Waals surface area (Å²) in [5.74, 6) is -1.27. The van der Waals surface area contributed by atoms with Crippen LogP contribution in [0.3, 0.4) is 0 Å². The lowest BCUT2D eigenvalue weighted by Gasteiger charge is -2.10. The van der Waals surface area contributed by atoms with E-state index in [0.717, 1.165) is 11.4 Å². The molecule has 8 nitrogen and oxygen atoms in total. The molecule has 4 aromatic rings. The van der Waals surface area contributed by atoms with Gasteiger partial charge in [-0.15, -0.1) is 0 Å². The van der Waals surface area contributed by atoms with Crippen molar-refractivity contribution in [1.82, 2.24) is 30.8 Å². The quantitative estimate of drug-likeness (QED) is 0.466. The molecule has 0 fully saturated rings. The maximum absolute atomic E-state index is 13.2. The summed E-state index contributed by atoms with van der Waals surface area (Å²) < 4.78 is 15.0. The fourth-order valence-corrected chi connectivity index (χ4v) is 3.21. The molecular formula is C20H17FN6O2. The maximum atomic E-state index is 13.2. The molecular weight excluding hydrogens is 375 g/mol. The summed E-state index contributed by atoms with van der Waals surface area (Å²) in [5, 5.41) is 10.3. The molecule has 0 aliphatic rings. The lowest BCUT2D eigenvalue weighted by atomic mass is 10.2. The first-order chi connectivity index (χ1) is 13.9. The first-order valence-electron chi connectivity index (χ1n) is 8.80. The first-order valence-corrected chi connectivity index (χ1v) is 8.80. The predicted octanol–water partition coefficient (Wildman–Crippen LogP) is 2.58. The van der Waals surface area contributed by atoms with Gasteiger partial charge in [0.25, 0.3) is 11.8 Å². The highest BCUT2D eigenvalue weighted by Crippen LogP contribution is 2.21. The Kier molecular flexibility index (Phi) is 4.55. The standard InChI is InChI=1S/C20H17FN6O2/c1-11-9-16(12(2)27(11)15-6-4-14(21)5-7-15)20(29)25-24-19(28)13-3-8-17-18(10-13)23-26-22-17/h3-10H,1-2H3,(H,24,28)(H,25,29)(H,22,23,26). The molecule has 2 heterocycles. The van der Waals surface area contributed by atoms with Crippen molar-refractivity contribution in [1.29, 1.82) is 0 Å². The average Bonchev–Trinajstić information content (AvgIpc) is 3.30. The zero-order valence-electron chi connectivity index (χ0n) is 15.7. The largest absolute Gasteiger partial charge is 0.318 e. The molecule has 0 aliphatic heterocycles. The molecule has 0 aliphatic carbocycles. The van der Waals surface area contributed by atoms with Crippen molar-refractivity contribution in [2.75, 3.05) is 0 Å². The number of amides is 2. The lowest BCUT2D eigenvalue weighted by molar-refractivity contribution is 0.0846. The van der Waals surface area contributed by atoms with Crippen LogP contribution in [0.4, 0.5) is 4.39 Å². The van der Waals surface area contributed by atoms with Crippen LogP contribution in [0.15, 0.2) is 48.5 Å². The topological polar surface area (TPSA) is 105 Å². The molecule has 0 unspecified atom stereocenters. The number of H-pyrrole nitrogens is 1. The van der Waals surface area contributed by atoms with E-state index < -0.39 is 11.8 Å². The molecule has 2 aromatic carbocycles. The minimum atomic E-state index is -0.476. The highest BCUT2D eigenvalue weighted by atomic mass is 19.1. The second-order valence-electron chi connectivity index (χ2n) is 6.53. The summed E-state index contributed by atoms with van der Waals surface area (Å²) in [6, 6.07) is 12.5. The number of aromatic nitrogens is 4. The van der Waals surface area contributed by atoms with E-state index in [1.54, 1.807) is 43.3 Å². The Morgan fingerprint density at radius 1 is 0.931 bits per heavy atom. The third-order valence-electron chi connectivity index (χ3n) is 4.63. The van der Waals surface area contributed by atoms with E-state index in [2.05, 4.69) is 26.3 Å². The minimum Gasteiger partial charge on any atom is -0.318 e. The molecule has 0 atom stereocenters. The molecule has 0 spiro atoms. The van der Waals surface area contributed by atoms with Gasteiger partial charge in [0.15, 0.2) is 0 Å². The Balaban J connectivity index is 1.50. The molecule has 3 N–H and O–H groups in total. The number of hydrogen-bond donors (Lipinski definition) is 3. The smallest absolute Gasteiger partial charge is 0.271 e. The van der Waals surface area contributed by atoms with Crippen LogP contribution in [0.1, 0.15) is 32.1 Å². The van der Waals surface area contributed by atoms with Gasteiger partial charge in [-0.2, -0.15) is 15.4 Å². The molecule has 2 aromatic heterocycles. The number of hydrazine groups is 1. The van der Waals surface area contributed by atoms with Crippen LogP contribution in [0, 0.1) is 19.7 Å².